The Morgan fingerprint density at radius 2 is 1.75 bits per heavy atom. The molecule has 4 N–H and O–H groups in total. The van der Waals surface area contributed by atoms with Gasteiger partial charge in [0.1, 0.15) is 11.8 Å². The second-order valence-corrected chi connectivity index (χ2v) is 6.37. The van der Waals surface area contributed by atoms with E-state index in [2.05, 4.69) is 16.0 Å². The minimum Gasteiger partial charge on any atom is -0.508 e. The fraction of sp³-hybridized carbons (Fsp3) is 0.286. The fourth-order valence-electron chi connectivity index (χ4n) is 2.66. The van der Waals surface area contributed by atoms with Gasteiger partial charge < -0.3 is 21.1 Å². The summed E-state index contributed by atoms with van der Waals surface area (Å²) in [7, 11) is 0. The third-order valence-corrected chi connectivity index (χ3v) is 4.18. The molecular weight excluding hydrogens is 356 g/mol. The van der Waals surface area contributed by atoms with E-state index in [1.807, 2.05) is 43.3 Å². The number of hydrogen-bond acceptors (Lipinski definition) is 4. The molecule has 3 amide bonds. The number of nitrogens with zero attached hydrogens (tertiary/aromatic N) is 1. The van der Waals surface area contributed by atoms with Gasteiger partial charge in [-0.2, -0.15) is 5.26 Å². The van der Waals surface area contributed by atoms with Crippen LogP contribution >= 0.6 is 0 Å². The van der Waals surface area contributed by atoms with Gasteiger partial charge in [-0.1, -0.05) is 42.5 Å². The van der Waals surface area contributed by atoms with Crippen LogP contribution in [0.1, 0.15) is 30.5 Å². The zero-order valence-electron chi connectivity index (χ0n) is 15.7. The van der Waals surface area contributed by atoms with Crippen molar-refractivity contribution in [1.82, 2.24) is 16.0 Å². The minimum atomic E-state index is -0.814. The summed E-state index contributed by atoms with van der Waals surface area (Å²) < 4.78 is 0. The Hall–Kier alpha value is -3.53. The lowest BCUT2D eigenvalue weighted by Crippen LogP contribution is -2.51. The maximum absolute atomic E-state index is 12.5. The molecule has 0 spiro atoms. The summed E-state index contributed by atoms with van der Waals surface area (Å²) in [4.78, 5) is 24.9. The first kappa shape index (κ1) is 20.8. The van der Waals surface area contributed by atoms with Crippen LogP contribution in [0.4, 0.5) is 4.79 Å². The number of phenols is 1. The van der Waals surface area contributed by atoms with Gasteiger partial charge in [-0.15, -0.1) is 0 Å². The van der Waals surface area contributed by atoms with E-state index in [4.69, 9.17) is 5.26 Å². The third-order valence-electron chi connectivity index (χ3n) is 4.18. The monoisotopic (exact) mass is 380 g/mol. The Balaban J connectivity index is 2.02. The molecule has 0 aromatic heterocycles. The number of phenolic OH excluding ortho intramolecular Hbond substituents is 1. The van der Waals surface area contributed by atoms with Crippen molar-refractivity contribution in [1.29, 1.82) is 5.26 Å². The Kier molecular flexibility index (Phi) is 7.85. The van der Waals surface area contributed by atoms with E-state index in [-0.39, 0.29) is 37.1 Å². The second kappa shape index (κ2) is 10.6. The minimum absolute atomic E-state index is 0.126. The van der Waals surface area contributed by atoms with Gasteiger partial charge >= 0.3 is 6.03 Å². The number of amides is 3. The number of nitrogens with one attached hydrogen (secondary N) is 3. The van der Waals surface area contributed by atoms with Gasteiger partial charge in [-0.05, 0) is 30.2 Å². The zero-order valence-corrected chi connectivity index (χ0v) is 15.7. The first-order valence-electron chi connectivity index (χ1n) is 9.04. The Morgan fingerprint density at radius 1 is 1.07 bits per heavy atom. The van der Waals surface area contributed by atoms with Gasteiger partial charge in [0.25, 0.3) is 0 Å². The Labute approximate surface area is 164 Å². The summed E-state index contributed by atoms with van der Waals surface area (Å²) in [6, 6.07) is 16.4. The normalized spacial score (nSPS) is 12.3. The highest BCUT2D eigenvalue weighted by Crippen LogP contribution is 2.13. The number of carbonyl (C=O) groups is 2. The Bertz CT molecular complexity index is 816. The van der Waals surface area contributed by atoms with Crippen molar-refractivity contribution in [3.8, 4) is 11.8 Å². The molecule has 7 nitrogen and oxygen atoms in total. The predicted molar refractivity (Wildman–Crippen MR) is 105 cm³/mol. The van der Waals surface area contributed by atoms with Crippen LogP contribution in [-0.2, 0) is 11.2 Å². The molecule has 0 saturated carbocycles. The lowest BCUT2D eigenvalue weighted by Gasteiger charge is -2.21. The molecule has 0 heterocycles. The molecule has 2 unspecified atom stereocenters. The van der Waals surface area contributed by atoms with Crippen molar-refractivity contribution in [2.75, 3.05) is 6.54 Å². The third kappa shape index (κ3) is 6.65. The van der Waals surface area contributed by atoms with Crippen molar-refractivity contribution in [3.63, 3.8) is 0 Å². The van der Waals surface area contributed by atoms with Gasteiger partial charge in [0.15, 0.2) is 0 Å². The average Bonchev–Trinajstić information content (AvgIpc) is 2.69. The summed E-state index contributed by atoms with van der Waals surface area (Å²) in [5.41, 5.74) is 1.74. The molecule has 0 saturated heterocycles. The summed E-state index contributed by atoms with van der Waals surface area (Å²) in [6.07, 6.45) is 0.445. The SMILES string of the molecule is CC(NC(=O)NC(Cc1ccc(O)cc1)C(=O)NCCC#N)c1ccccc1. The maximum atomic E-state index is 12.5. The van der Waals surface area contributed by atoms with E-state index in [1.165, 1.54) is 12.1 Å². The van der Waals surface area contributed by atoms with Crippen LogP contribution in [0.5, 0.6) is 5.75 Å². The lowest BCUT2D eigenvalue weighted by atomic mass is 10.0. The van der Waals surface area contributed by atoms with Crippen LogP contribution in [-0.4, -0.2) is 29.6 Å². The average molecular weight is 380 g/mol. The molecule has 0 aliphatic heterocycles. The van der Waals surface area contributed by atoms with E-state index >= 15 is 0 Å². The highest BCUT2D eigenvalue weighted by atomic mass is 16.3. The number of benzene rings is 2. The Morgan fingerprint density at radius 3 is 2.39 bits per heavy atom. The van der Waals surface area contributed by atoms with Gasteiger partial charge in [0.05, 0.1) is 18.5 Å². The summed E-state index contributed by atoms with van der Waals surface area (Å²) in [6.45, 7) is 2.07. The number of aromatic hydroxyl groups is 1. The topological polar surface area (TPSA) is 114 Å². The number of urea groups is 1. The van der Waals surface area contributed by atoms with Crippen molar-refractivity contribution < 1.29 is 14.7 Å². The summed E-state index contributed by atoms with van der Waals surface area (Å²) >= 11 is 0. The zero-order chi connectivity index (χ0) is 20.4. The molecule has 2 atom stereocenters. The van der Waals surface area contributed by atoms with E-state index in [1.54, 1.807) is 12.1 Å². The molecule has 146 valence electrons. The highest BCUT2D eigenvalue weighted by molar-refractivity contribution is 5.87. The van der Waals surface area contributed by atoms with Gasteiger partial charge in [-0.3, -0.25) is 4.79 Å². The summed E-state index contributed by atoms with van der Waals surface area (Å²) in [5, 5.41) is 26.2. The largest absolute Gasteiger partial charge is 0.508 e. The van der Waals surface area contributed by atoms with Gasteiger partial charge in [-0.25, -0.2) is 4.79 Å². The molecular formula is C21H24N4O3. The number of rotatable bonds is 8. The molecule has 28 heavy (non-hydrogen) atoms. The van der Waals surface area contributed by atoms with Crippen molar-refractivity contribution in [2.45, 2.75) is 31.8 Å². The van der Waals surface area contributed by atoms with Crippen LogP contribution in [0, 0.1) is 11.3 Å². The molecule has 0 radical (unpaired) electrons. The van der Waals surface area contributed by atoms with Gasteiger partial charge in [0.2, 0.25) is 5.91 Å². The highest BCUT2D eigenvalue weighted by Gasteiger charge is 2.22. The predicted octanol–water partition coefficient (Wildman–Crippen LogP) is 2.39. The van der Waals surface area contributed by atoms with Crippen LogP contribution in [0.15, 0.2) is 54.6 Å². The molecule has 0 bridgehead atoms. The fourth-order valence-corrected chi connectivity index (χ4v) is 2.66. The van der Waals surface area contributed by atoms with Crippen LogP contribution in [0.25, 0.3) is 0 Å². The molecule has 7 heteroatoms. The first-order valence-corrected chi connectivity index (χ1v) is 9.04. The quantitative estimate of drug-likeness (QED) is 0.527. The molecule has 0 aliphatic rings. The molecule has 2 aromatic rings. The van der Waals surface area contributed by atoms with E-state index in [0.29, 0.717) is 0 Å². The second-order valence-electron chi connectivity index (χ2n) is 6.37. The lowest BCUT2D eigenvalue weighted by molar-refractivity contribution is -0.122. The smallest absolute Gasteiger partial charge is 0.315 e. The van der Waals surface area contributed by atoms with Crippen LogP contribution in [0.2, 0.25) is 0 Å². The van der Waals surface area contributed by atoms with Crippen molar-refractivity contribution in [3.05, 3.63) is 65.7 Å². The van der Waals surface area contributed by atoms with Crippen molar-refractivity contribution in [2.24, 2.45) is 0 Å². The molecule has 2 rings (SSSR count). The van der Waals surface area contributed by atoms with Crippen LogP contribution < -0.4 is 16.0 Å². The van der Waals surface area contributed by atoms with Crippen LogP contribution in [0.3, 0.4) is 0 Å². The number of hydrogen-bond donors (Lipinski definition) is 4. The molecule has 0 fully saturated rings. The molecule has 0 aliphatic carbocycles. The van der Waals surface area contributed by atoms with E-state index < -0.39 is 12.1 Å². The van der Waals surface area contributed by atoms with Gasteiger partial charge in [0, 0.05) is 13.0 Å². The standard InChI is InChI=1S/C21H24N4O3/c1-15(17-6-3-2-4-7-17)24-21(28)25-19(20(27)23-13-5-12-22)14-16-8-10-18(26)11-9-16/h2-4,6-11,15,19,26H,5,13-14H2,1H3,(H,23,27)(H2,24,25,28). The first-order chi connectivity index (χ1) is 13.5. The molecule has 2 aromatic carbocycles. The van der Waals surface area contributed by atoms with Crippen molar-refractivity contribution >= 4 is 11.9 Å². The maximum Gasteiger partial charge on any atom is 0.315 e. The number of carbonyl (C=O) groups excluding carboxylic acids is 2. The summed E-state index contributed by atoms with van der Waals surface area (Å²) in [5.74, 6) is -0.244. The number of nitriles is 1. The van der Waals surface area contributed by atoms with E-state index in [9.17, 15) is 14.7 Å². The van der Waals surface area contributed by atoms with E-state index in [0.717, 1.165) is 11.1 Å².